The van der Waals surface area contributed by atoms with Gasteiger partial charge in [-0.25, -0.2) is 8.42 Å². The summed E-state index contributed by atoms with van der Waals surface area (Å²) < 4.78 is 27.6. The molecule has 0 atom stereocenters. The van der Waals surface area contributed by atoms with Gasteiger partial charge in [0.15, 0.2) is 0 Å². The number of para-hydroxylation sites is 2. The minimum atomic E-state index is -3.86. The van der Waals surface area contributed by atoms with Crippen molar-refractivity contribution in [2.75, 3.05) is 35.4 Å². The zero-order valence-electron chi connectivity index (χ0n) is 17.9. The van der Waals surface area contributed by atoms with E-state index in [1.807, 2.05) is 12.1 Å². The van der Waals surface area contributed by atoms with Crippen LogP contribution in [0.2, 0.25) is 0 Å². The first-order valence-corrected chi connectivity index (χ1v) is 12.2. The van der Waals surface area contributed by atoms with Gasteiger partial charge in [-0.05, 0) is 48.7 Å². The van der Waals surface area contributed by atoms with E-state index < -0.39 is 10.0 Å². The van der Waals surface area contributed by atoms with Crippen LogP contribution < -0.4 is 14.5 Å². The van der Waals surface area contributed by atoms with E-state index in [0.29, 0.717) is 12.2 Å². The summed E-state index contributed by atoms with van der Waals surface area (Å²) >= 11 is 0. The average molecular weight is 450 g/mol. The molecule has 0 fully saturated rings. The lowest BCUT2D eigenvalue weighted by molar-refractivity contribution is -0.119. The predicted molar refractivity (Wildman–Crippen MR) is 127 cm³/mol. The molecule has 0 saturated heterocycles. The van der Waals surface area contributed by atoms with E-state index in [1.54, 1.807) is 42.5 Å². The Bertz CT molecular complexity index is 1150. The molecule has 6 nitrogen and oxygen atoms in total. The predicted octanol–water partition coefficient (Wildman–Crippen LogP) is 3.45. The van der Waals surface area contributed by atoms with Crippen molar-refractivity contribution in [3.8, 4) is 0 Å². The van der Waals surface area contributed by atoms with Crippen molar-refractivity contribution in [3.05, 3.63) is 90.5 Å². The summed E-state index contributed by atoms with van der Waals surface area (Å²) in [6, 6.07) is 25.3. The maximum absolute atomic E-state index is 13.2. The number of hydrogen-bond donors (Lipinski definition) is 1. The van der Waals surface area contributed by atoms with Crippen molar-refractivity contribution < 1.29 is 13.2 Å². The number of amides is 1. The van der Waals surface area contributed by atoms with Gasteiger partial charge in [0.2, 0.25) is 5.91 Å². The molecular formula is C25H27N3O3S. The smallest absolute Gasteiger partial charge is 0.264 e. The molecule has 0 aliphatic carbocycles. The second-order valence-corrected chi connectivity index (χ2v) is 9.59. The Hall–Kier alpha value is -3.32. The Balaban J connectivity index is 1.37. The number of sulfonamides is 1. The maximum Gasteiger partial charge on any atom is 0.264 e. The highest BCUT2D eigenvalue weighted by Gasteiger charge is 2.27. The van der Waals surface area contributed by atoms with E-state index in [-0.39, 0.29) is 17.3 Å². The first-order valence-electron chi connectivity index (χ1n) is 10.8. The summed E-state index contributed by atoms with van der Waals surface area (Å²) in [5.41, 5.74) is 3.09. The van der Waals surface area contributed by atoms with Crippen LogP contribution in [0.3, 0.4) is 0 Å². The van der Waals surface area contributed by atoms with Crippen LogP contribution in [0.1, 0.15) is 12.0 Å². The van der Waals surface area contributed by atoms with Gasteiger partial charge in [-0.2, -0.15) is 0 Å². The molecule has 1 aliphatic heterocycles. The van der Waals surface area contributed by atoms with Crippen molar-refractivity contribution in [1.82, 2.24) is 5.32 Å². The van der Waals surface area contributed by atoms with Crippen molar-refractivity contribution in [3.63, 3.8) is 0 Å². The molecule has 0 spiro atoms. The summed E-state index contributed by atoms with van der Waals surface area (Å²) in [6.45, 7) is 2.06. The highest BCUT2D eigenvalue weighted by Crippen LogP contribution is 2.27. The molecule has 0 unspecified atom stereocenters. The first-order chi connectivity index (χ1) is 15.6. The number of carbonyl (C=O) groups is 1. The third-order valence-electron chi connectivity index (χ3n) is 5.57. The fourth-order valence-electron chi connectivity index (χ4n) is 3.95. The molecule has 0 saturated carbocycles. The van der Waals surface area contributed by atoms with E-state index in [0.717, 1.165) is 30.2 Å². The minimum absolute atomic E-state index is 0.157. The minimum Gasteiger partial charge on any atom is -0.371 e. The molecule has 3 aromatic rings. The van der Waals surface area contributed by atoms with Crippen molar-refractivity contribution in [2.24, 2.45) is 0 Å². The number of nitrogens with zero attached hydrogens (tertiary/aromatic N) is 2. The van der Waals surface area contributed by atoms with Crippen LogP contribution in [-0.4, -0.2) is 40.5 Å². The Morgan fingerprint density at radius 3 is 2.31 bits per heavy atom. The largest absolute Gasteiger partial charge is 0.371 e. The van der Waals surface area contributed by atoms with Gasteiger partial charge >= 0.3 is 0 Å². The number of carbonyl (C=O) groups excluding carboxylic acids is 1. The van der Waals surface area contributed by atoms with E-state index in [4.69, 9.17) is 0 Å². The van der Waals surface area contributed by atoms with Gasteiger partial charge in [0, 0.05) is 25.3 Å². The number of rotatable bonds is 9. The van der Waals surface area contributed by atoms with Gasteiger partial charge in [0.25, 0.3) is 10.0 Å². The molecule has 1 amide bonds. The van der Waals surface area contributed by atoms with E-state index in [1.165, 1.54) is 23.4 Å². The molecule has 0 aromatic heterocycles. The Labute approximate surface area is 189 Å². The Morgan fingerprint density at radius 2 is 1.56 bits per heavy atom. The lowest BCUT2D eigenvalue weighted by atomic mass is 10.2. The SMILES string of the molecule is O=C(CN(c1ccccc1)S(=O)(=O)c1ccccc1)NCCCN1CCc2ccccc21. The zero-order valence-corrected chi connectivity index (χ0v) is 18.7. The molecule has 1 aliphatic rings. The molecule has 4 rings (SSSR count). The molecule has 166 valence electrons. The molecule has 1 heterocycles. The summed E-state index contributed by atoms with van der Waals surface area (Å²) in [7, 11) is -3.86. The standard InChI is InChI=1S/C25H27N3O3S/c29-25(26-17-9-18-27-19-16-21-10-7-8-15-24(21)27)20-28(22-11-3-1-4-12-22)32(30,31)23-13-5-2-6-14-23/h1-8,10-15H,9,16-20H2,(H,26,29). The Morgan fingerprint density at radius 1 is 0.906 bits per heavy atom. The summed E-state index contributed by atoms with van der Waals surface area (Å²) in [5, 5.41) is 2.88. The topological polar surface area (TPSA) is 69.7 Å². The molecule has 32 heavy (non-hydrogen) atoms. The highest BCUT2D eigenvalue weighted by molar-refractivity contribution is 7.92. The number of nitrogens with one attached hydrogen (secondary N) is 1. The molecule has 7 heteroatoms. The van der Waals surface area contributed by atoms with E-state index in [9.17, 15) is 13.2 Å². The second kappa shape index (κ2) is 9.87. The molecule has 1 N–H and O–H groups in total. The zero-order chi connectivity index (χ0) is 22.4. The van der Waals surface area contributed by atoms with Crippen molar-refractivity contribution in [2.45, 2.75) is 17.7 Å². The number of benzene rings is 3. The summed E-state index contributed by atoms with van der Waals surface area (Å²) in [4.78, 5) is 15.2. The van der Waals surface area contributed by atoms with Crippen LogP contribution >= 0.6 is 0 Å². The van der Waals surface area contributed by atoms with Crippen LogP contribution in [0, 0.1) is 0 Å². The van der Waals surface area contributed by atoms with Gasteiger partial charge < -0.3 is 10.2 Å². The van der Waals surface area contributed by atoms with Gasteiger partial charge in [-0.3, -0.25) is 9.10 Å². The maximum atomic E-state index is 13.2. The highest BCUT2D eigenvalue weighted by atomic mass is 32.2. The quantitative estimate of drug-likeness (QED) is 0.508. The molecule has 0 radical (unpaired) electrons. The fourth-order valence-corrected chi connectivity index (χ4v) is 5.39. The number of anilines is 2. The van der Waals surface area contributed by atoms with Crippen LogP contribution in [0.15, 0.2) is 89.8 Å². The van der Waals surface area contributed by atoms with Crippen LogP contribution in [-0.2, 0) is 21.2 Å². The van der Waals surface area contributed by atoms with E-state index >= 15 is 0 Å². The van der Waals surface area contributed by atoms with Crippen LogP contribution in [0.5, 0.6) is 0 Å². The van der Waals surface area contributed by atoms with Gasteiger partial charge in [-0.15, -0.1) is 0 Å². The number of fused-ring (bicyclic) bond motifs is 1. The summed E-state index contributed by atoms with van der Waals surface area (Å²) in [6.07, 6.45) is 1.84. The fraction of sp³-hybridized carbons (Fsp3) is 0.240. The normalized spacial score (nSPS) is 12.9. The third kappa shape index (κ3) is 4.94. The number of hydrogen-bond acceptors (Lipinski definition) is 4. The van der Waals surface area contributed by atoms with Gasteiger partial charge in [0.1, 0.15) is 6.54 Å². The molecular weight excluding hydrogens is 422 g/mol. The monoisotopic (exact) mass is 449 g/mol. The third-order valence-corrected chi connectivity index (χ3v) is 7.36. The van der Waals surface area contributed by atoms with E-state index in [2.05, 4.69) is 28.4 Å². The van der Waals surface area contributed by atoms with Gasteiger partial charge in [0.05, 0.1) is 10.6 Å². The summed E-state index contributed by atoms with van der Waals surface area (Å²) in [5.74, 6) is -0.324. The Kier molecular flexibility index (Phi) is 6.75. The first kappa shape index (κ1) is 21.9. The molecule has 0 bridgehead atoms. The van der Waals surface area contributed by atoms with Crippen molar-refractivity contribution >= 4 is 27.3 Å². The lowest BCUT2D eigenvalue weighted by Gasteiger charge is -2.24. The average Bonchev–Trinajstić information content (AvgIpc) is 3.24. The second-order valence-electron chi connectivity index (χ2n) is 7.73. The van der Waals surface area contributed by atoms with Crippen molar-refractivity contribution in [1.29, 1.82) is 0 Å². The lowest BCUT2D eigenvalue weighted by Crippen LogP contribution is -2.41. The van der Waals surface area contributed by atoms with Crippen LogP contribution in [0.4, 0.5) is 11.4 Å². The van der Waals surface area contributed by atoms with Gasteiger partial charge in [-0.1, -0.05) is 54.6 Å². The van der Waals surface area contributed by atoms with Crippen LogP contribution in [0.25, 0.3) is 0 Å². The molecule has 3 aromatic carbocycles.